The minimum Gasteiger partial charge on any atom is -0.481 e. The zero-order valence-corrected chi connectivity index (χ0v) is 11.3. The Morgan fingerprint density at radius 3 is 2.50 bits per heavy atom. The van der Waals surface area contributed by atoms with E-state index in [1.165, 1.54) is 0 Å². The van der Waals surface area contributed by atoms with Crippen molar-refractivity contribution in [2.75, 3.05) is 19.6 Å². The molecule has 1 aliphatic heterocycles. The molecule has 2 N–H and O–H groups in total. The Morgan fingerprint density at radius 1 is 1.39 bits per heavy atom. The molecule has 1 saturated heterocycles. The monoisotopic (exact) mass is 256 g/mol. The van der Waals surface area contributed by atoms with Crippen LogP contribution in [0, 0.1) is 5.92 Å². The molecule has 18 heavy (non-hydrogen) atoms. The number of hydrogen-bond acceptors (Lipinski definition) is 3. The van der Waals surface area contributed by atoms with E-state index in [-0.39, 0.29) is 17.9 Å². The second-order valence-electron chi connectivity index (χ2n) is 5.15. The number of carbonyl (C=O) groups excluding carboxylic acids is 1. The van der Waals surface area contributed by atoms with Crippen molar-refractivity contribution < 1.29 is 14.7 Å². The largest absolute Gasteiger partial charge is 0.481 e. The minimum atomic E-state index is -0.712. The zero-order valence-electron chi connectivity index (χ0n) is 11.3. The van der Waals surface area contributed by atoms with Crippen LogP contribution in [0.25, 0.3) is 0 Å². The van der Waals surface area contributed by atoms with E-state index in [0.717, 1.165) is 12.8 Å². The summed E-state index contributed by atoms with van der Waals surface area (Å²) >= 11 is 0. The normalized spacial score (nSPS) is 19.4. The molecule has 1 heterocycles. The SMILES string of the molecule is CCCC(C)NC(=O)CN1CCC(C(=O)O)CC1. The van der Waals surface area contributed by atoms with Crippen LogP contribution in [-0.4, -0.2) is 47.6 Å². The Balaban J connectivity index is 2.24. The molecule has 1 rings (SSSR count). The van der Waals surface area contributed by atoms with Crippen LogP contribution in [0.4, 0.5) is 0 Å². The number of hydrogen-bond donors (Lipinski definition) is 2. The first kappa shape index (κ1) is 15.0. The van der Waals surface area contributed by atoms with Gasteiger partial charge in [-0.2, -0.15) is 0 Å². The van der Waals surface area contributed by atoms with Gasteiger partial charge in [0.25, 0.3) is 0 Å². The van der Waals surface area contributed by atoms with Crippen LogP contribution >= 0.6 is 0 Å². The smallest absolute Gasteiger partial charge is 0.306 e. The molecule has 104 valence electrons. The molecule has 0 aromatic heterocycles. The minimum absolute atomic E-state index is 0.0460. The highest BCUT2D eigenvalue weighted by atomic mass is 16.4. The van der Waals surface area contributed by atoms with Gasteiger partial charge in [-0.25, -0.2) is 0 Å². The van der Waals surface area contributed by atoms with E-state index in [9.17, 15) is 9.59 Å². The van der Waals surface area contributed by atoms with E-state index >= 15 is 0 Å². The average molecular weight is 256 g/mol. The van der Waals surface area contributed by atoms with Crippen LogP contribution in [-0.2, 0) is 9.59 Å². The summed E-state index contributed by atoms with van der Waals surface area (Å²) in [5.41, 5.74) is 0. The molecule has 0 aromatic carbocycles. The number of nitrogens with zero attached hydrogens (tertiary/aromatic N) is 1. The third-order valence-corrected chi connectivity index (χ3v) is 3.43. The molecule has 0 spiro atoms. The van der Waals surface area contributed by atoms with Gasteiger partial charge in [-0.05, 0) is 39.3 Å². The van der Waals surface area contributed by atoms with E-state index in [4.69, 9.17) is 5.11 Å². The fourth-order valence-electron chi connectivity index (χ4n) is 2.37. The van der Waals surface area contributed by atoms with Gasteiger partial charge in [0.05, 0.1) is 12.5 Å². The molecule has 0 saturated carbocycles. The number of amides is 1. The third kappa shape index (κ3) is 5.04. The van der Waals surface area contributed by atoms with Crippen LogP contribution in [0.5, 0.6) is 0 Å². The molecule has 1 fully saturated rings. The molecule has 1 unspecified atom stereocenters. The van der Waals surface area contributed by atoms with Crippen molar-refractivity contribution in [2.45, 2.75) is 45.6 Å². The standard InChI is InChI=1S/C13H24N2O3/c1-3-4-10(2)14-12(16)9-15-7-5-11(6-8-15)13(17)18/h10-11H,3-9H2,1-2H3,(H,14,16)(H,17,18). The highest BCUT2D eigenvalue weighted by Crippen LogP contribution is 2.16. The van der Waals surface area contributed by atoms with E-state index in [2.05, 4.69) is 12.2 Å². The fraction of sp³-hybridized carbons (Fsp3) is 0.846. The van der Waals surface area contributed by atoms with Crippen LogP contribution in [0.2, 0.25) is 0 Å². The summed E-state index contributed by atoms with van der Waals surface area (Å²) in [5, 5.41) is 11.9. The molecule has 0 aliphatic carbocycles. The number of aliphatic carboxylic acids is 1. The summed E-state index contributed by atoms with van der Waals surface area (Å²) in [6.45, 7) is 5.90. The molecule has 1 aliphatic rings. The first-order chi connectivity index (χ1) is 8.52. The predicted octanol–water partition coefficient (Wildman–Crippen LogP) is 1.09. The molecule has 5 nitrogen and oxygen atoms in total. The number of carbonyl (C=O) groups is 2. The van der Waals surface area contributed by atoms with E-state index in [1.54, 1.807) is 0 Å². The van der Waals surface area contributed by atoms with Gasteiger partial charge in [0.2, 0.25) is 5.91 Å². The topological polar surface area (TPSA) is 69.6 Å². The Bertz CT molecular complexity index is 286. The summed E-state index contributed by atoms with van der Waals surface area (Å²) in [6.07, 6.45) is 3.35. The second kappa shape index (κ2) is 7.36. The fourth-order valence-corrected chi connectivity index (χ4v) is 2.37. The maximum atomic E-state index is 11.7. The van der Waals surface area contributed by atoms with Crippen molar-refractivity contribution in [3.05, 3.63) is 0 Å². The number of piperidine rings is 1. The molecule has 5 heteroatoms. The summed E-state index contributed by atoms with van der Waals surface area (Å²) in [5.74, 6) is -0.899. The van der Waals surface area contributed by atoms with Gasteiger partial charge >= 0.3 is 5.97 Å². The average Bonchev–Trinajstić information content (AvgIpc) is 2.29. The third-order valence-electron chi connectivity index (χ3n) is 3.43. The van der Waals surface area contributed by atoms with Crippen molar-refractivity contribution in [1.29, 1.82) is 0 Å². The lowest BCUT2D eigenvalue weighted by atomic mass is 9.97. The molecular formula is C13H24N2O3. The van der Waals surface area contributed by atoms with E-state index < -0.39 is 5.97 Å². The molecule has 0 aromatic rings. The first-order valence-electron chi connectivity index (χ1n) is 6.77. The first-order valence-corrected chi connectivity index (χ1v) is 6.77. The van der Waals surface area contributed by atoms with E-state index in [0.29, 0.717) is 32.5 Å². The van der Waals surface area contributed by atoms with Gasteiger partial charge < -0.3 is 10.4 Å². The number of rotatable bonds is 6. The van der Waals surface area contributed by atoms with Gasteiger partial charge in [-0.3, -0.25) is 14.5 Å². The van der Waals surface area contributed by atoms with Crippen LogP contribution in [0.3, 0.4) is 0 Å². The number of carboxylic acid groups (broad SMARTS) is 1. The van der Waals surface area contributed by atoms with Crippen molar-refractivity contribution in [3.8, 4) is 0 Å². The Morgan fingerprint density at radius 2 is 2.00 bits per heavy atom. The van der Waals surface area contributed by atoms with Gasteiger partial charge in [0, 0.05) is 6.04 Å². The second-order valence-corrected chi connectivity index (χ2v) is 5.15. The maximum Gasteiger partial charge on any atom is 0.306 e. The van der Waals surface area contributed by atoms with Crippen molar-refractivity contribution in [3.63, 3.8) is 0 Å². The number of nitrogens with one attached hydrogen (secondary N) is 1. The molecule has 1 amide bonds. The summed E-state index contributed by atoms with van der Waals surface area (Å²) in [7, 11) is 0. The van der Waals surface area contributed by atoms with Gasteiger partial charge in [-0.1, -0.05) is 13.3 Å². The summed E-state index contributed by atoms with van der Waals surface area (Å²) < 4.78 is 0. The van der Waals surface area contributed by atoms with Gasteiger partial charge in [-0.15, -0.1) is 0 Å². The van der Waals surface area contributed by atoms with Crippen molar-refractivity contribution in [1.82, 2.24) is 10.2 Å². The Hall–Kier alpha value is -1.10. The van der Waals surface area contributed by atoms with E-state index in [1.807, 2.05) is 11.8 Å². The predicted molar refractivity (Wildman–Crippen MR) is 69.3 cm³/mol. The number of likely N-dealkylation sites (tertiary alicyclic amines) is 1. The van der Waals surface area contributed by atoms with Crippen molar-refractivity contribution >= 4 is 11.9 Å². The zero-order chi connectivity index (χ0) is 13.5. The van der Waals surface area contributed by atoms with Crippen molar-refractivity contribution in [2.24, 2.45) is 5.92 Å². The molecular weight excluding hydrogens is 232 g/mol. The summed E-state index contributed by atoms with van der Waals surface area (Å²) in [6, 6.07) is 0.221. The quantitative estimate of drug-likeness (QED) is 0.746. The highest BCUT2D eigenvalue weighted by molar-refractivity contribution is 5.78. The Kier molecular flexibility index (Phi) is 6.12. The lowest BCUT2D eigenvalue weighted by Crippen LogP contribution is -2.44. The summed E-state index contributed by atoms with van der Waals surface area (Å²) in [4.78, 5) is 24.6. The lowest BCUT2D eigenvalue weighted by molar-refractivity contribution is -0.143. The molecule has 0 bridgehead atoms. The lowest BCUT2D eigenvalue weighted by Gasteiger charge is -2.29. The highest BCUT2D eigenvalue weighted by Gasteiger charge is 2.25. The van der Waals surface area contributed by atoms with Gasteiger partial charge in [0.1, 0.15) is 0 Å². The molecule has 0 radical (unpaired) electrons. The van der Waals surface area contributed by atoms with Crippen LogP contribution in [0.15, 0.2) is 0 Å². The maximum absolute atomic E-state index is 11.7. The van der Waals surface area contributed by atoms with Gasteiger partial charge in [0.15, 0.2) is 0 Å². The number of carboxylic acids is 1. The Labute approximate surface area is 109 Å². The van der Waals surface area contributed by atoms with Crippen LogP contribution in [0.1, 0.15) is 39.5 Å². The molecule has 1 atom stereocenters. The van der Waals surface area contributed by atoms with Crippen LogP contribution < -0.4 is 5.32 Å².